The highest BCUT2D eigenvalue weighted by Crippen LogP contribution is 2.27. The van der Waals surface area contributed by atoms with Gasteiger partial charge in [0.25, 0.3) is 5.91 Å². The Kier molecular flexibility index (Phi) is 5.75. The Labute approximate surface area is 154 Å². The van der Waals surface area contributed by atoms with Gasteiger partial charge < -0.3 is 18.9 Å². The molecule has 0 bridgehead atoms. The van der Waals surface area contributed by atoms with Crippen molar-refractivity contribution in [3.8, 4) is 11.8 Å². The number of aryl methyl sites for hydroxylation is 2. The summed E-state index contributed by atoms with van der Waals surface area (Å²) in [5.41, 5.74) is 0.484. The third kappa shape index (κ3) is 3.81. The zero-order valence-corrected chi connectivity index (χ0v) is 15.6. The molecule has 0 saturated carbocycles. The zero-order chi connectivity index (χ0) is 18.5. The second-order valence-corrected chi connectivity index (χ2v) is 6.55. The number of piperidine rings is 1. The number of aromatic nitrogens is 3. The maximum atomic E-state index is 13.2. The molecule has 1 saturated heterocycles. The fourth-order valence-corrected chi connectivity index (χ4v) is 3.51. The van der Waals surface area contributed by atoms with Crippen LogP contribution in [0.2, 0.25) is 0 Å². The number of nitrogens with zero attached hydrogens (tertiary/aromatic N) is 4. The van der Waals surface area contributed by atoms with Crippen molar-refractivity contribution in [2.24, 2.45) is 7.05 Å². The molecule has 3 rings (SSSR count). The Hall–Kier alpha value is -2.57. The molecule has 1 amide bonds. The summed E-state index contributed by atoms with van der Waals surface area (Å²) in [6, 6.07) is 3.64. The number of carbonyl (C=O) groups excluding carboxylic acids is 1. The summed E-state index contributed by atoms with van der Waals surface area (Å²) < 4.78 is 12.5. The van der Waals surface area contributed by atoms with Crippen LogP contribution in [0.1, 0.15) is 41.9 Å². The monoisotopic (exact) mass is 358 g/mol. The van der Waals surface area contributed by atoms with E-state index in [2.05, 4.69) is 9.97 Å². The number of imidazole rings is 1. The molecule has 1 fully saturated rings. The summed E-state index contributed by atoms with van der Waals surface area (Å²) in [6.45, 7) is 0.763. The molecule has 0 aromatic carbocycles. The quantitative estimate of drug-likeness (QED) is 0.793. The summed E-state index contributed by atoms with van der Waals surface area (Å²) in [7, 11) is 5.06. The van der Waals surface area contributed by atoms with E-state index in [4.69, 9.17) is 9.47 Å². The Morgan fingerprint density at radius 2 is 2.12 bits per heavy atom. The zero-order valence-electron chi connectivity index (χ0n) is 15.6. The lowest BCUT2D eigenvalue weighted by molar-refractivity contribution is 0.0596. The minimum Gasteiger partial charge on any atom is -0.481 e. The molecule has 0 aliphatic carbocycles. The number of pyridine rings is 1. The van der Waals surface area contributed by atoms with E-state index in [9.17, 15) is 4.79 Å². The number of carbonyl (C=O) groups is 1. The van der Waals surface area contributed by atoms with Crippen LogP contribution in [0.4, 0.5) is 0 Å². The summed E-state index contributed by atoms with van der Waals surface area (Å²) in [6.07, 6.45) is 8.71. The summed E-state index contributed by atoms with van der Waals surface area (Å²) >= 11 is 0. The van der Waals surface area contributed by atoms with Gasteiger partial charge >= 0.3 is 0 Å². The lowest BCUT2D eigenvalue weighted by Gasteiger charge is -2.36. The largest absolute Gasteiger partial charge is 0.481 e. The fraction of sp³-hybridized carbons (Fsp3) is 0.526. The molecule has 2 aromatic rings. The lowest BCUT2D eigenvalue weighted by atomic mass is 9.96. The van der Waals surface area contributed by atoms with Gasteiger partial charge in [-0.05, 0) is 31.7 Å². The van der Waals surface area contributed by atoms with Crippen molar-refractivity contribution >= 4 is 5.91 Å². The number of methoxy groups -OCH3 is 2. The first-order chi connectivity index (χ1) is 12.6. The van der Waals surface area contributed by atoms with Gasteiger partial charge in [-0.2, -0.15) is 4.98 Å². The van der Waals surface area contributed by atoms with Gasteiger partial charge in [0.15, 0.2) is 0 Å². The van der Waals surface area contributed by atoms with Crippen molar-refractivity contribution < 1.29 is 14.3 Å². The molecular weight excluding hydrogens is 332 g/mol. The van der Waals surface area contributed by atoms with Gasteiger partial charge in [0.05, 0.1) is 14.2 Å². The molecule has 1 aliphatic heterocycles. The van der Waals surface area contributed by atoms with Crippen molar-refractivity contribution in [3.63, 3.8) is 0 Å². The Bertz CT molecular complexity index is 759. The SMILES string of the molecule is COc1ccc(C(=O)N2CCCCC2CCc2nccn2C)c(OC)n1. The number of likely N-dealkylation sites (tertiary alicyclic amines) is 1. The van der Waals surface area contributed by atoms with Gasteiger partial charge in [0.1, 0.15) is 11.4 Å². The number of hydrogen-bond acceptors (Lipinski definition) is 5. The highest BCUT2D eigenvalue weighted by Gasteiger charge is 2.29. The van der Waals surface area contributed by atoms with Crippen molar-refractivity contribution in [1.29, 1.82) is 0 Å². The molecule has 0 N–H and O–H groups in total. The van der Waals surface area contributed by atoms with E-state index in [1.54, 1.807) is 19.2 Å². The average molecular weight is 358 g/mol. The van der Waals surface area contributed by atoms with E-state index < -0.39 is 0 Å². The van der Waals surface area contributed by atoms with E-state index in [0.29, 0.717) is 17.3 Å². The van der Waals surface area contributed by atoms with E-state index in [-0.39, 0.29) is 11.9 Å². The highest BCUT2D eigenvalue weighted by molar-refractivity contribution is 5.96. The van der Waals surface area contributed by atoms with E-state index in [1.807, 2.05) is 28.9 Å². The van der Waals surface area contributed by atoms with Gasteiger partial charge in [-0.15, -0.1) is 0 Å². The van der Waals surface area contributed by atoms with Gasteiger partial charge in [0.2, 0.25) is 11.8 Å². The van der Waals surface area contributed by atoms with E-state index >= 15 is 0 Å². The predicted molar refractivity (Wildman–Crippen MR) is 97.5 cm³/mol. The molecule has 7 heteroatoms. The van der Waals surface area contributed by atoms with E-state index in [0.717, 1.165) is 44.5 Å². The summed E-state index contributed by atoms with van der Waals surface area (Å²) in [4.78, 5) is 23.8. The molecule has 0 spiro atoms. The third-order valence-electron chi connectivity index (χ3n) is 4.98. The van der Waals surface area contributed by atoms with Crippen LogP contribution in [-0.2, 0) is 13.5 Å². The number of rotatable bonds is 6. The first kappa shape index (κ1) is 18.2. The molecule has 1 atom stereocenters. The Morgan fingerprint density at radius 3 is 2.81 bits per heavy atom. The molecule has 1 aliphatic rings. The molecule has 7 nitrogen and oxygen atoms in total. The maximum absolute atomic E-state index is 13.2. The average Bonchev–Trinajstić information content (AvgIpc) is 3.10. The molecule has 26 heavy (non-hydrogen) atoms. The van der Waals surface area contributed by atoms with Crippen LogP contribution in [0, 0.1) is 0 Å². The normalized spacial score (nSPS) is 17.2. The summed E-state index contributed by atoms with van der Waals surface area (Å²) in [5, 5.41) is 0. The van der Waals surface area contributed by atoms with Gasteiger partial charge in [-0.1, -0.05) is 0 Å². The predicted octanol–water partition coefficient (Wildman–Crippen LogP) is 2.46. The molecule has 2 aromatic heterocycles. The first-order valence-electron chi connectivity index (χ1n) is 9.00. The smallest absolute Gasteiger partial charge is 0.259 e. The fourth-order valence-electron chi connectivity index (χ4n) is 3.51. The van der Waals surface area contributed by atoms with E-state index in [1.165, 1.54) is 7.11 Å². The topological polar surface area (TPSA) is 69.5 Å². The van der Waals surface area contributed by atoms with Crippen LogP contribution >= 0.6 is 0 Å². The molecule has 0 radical (unpaired) electrons. The molecular formula is C19H26N4O3. The van der Waals surface area contributed by atoms with Crippen LogP contribution in [0.3, 0.4) is 0 Å². The van der Waals surface area contributed by atoms with Crippen molar-refractivity contribution in [3.05, 3.63) is 35.9 Å². The molecule has 1 unspecified atom stereocenters. The van der Waals surface area contributed by atoms with Crippen LogP contribution in [-0.4, -0.2) is 52.1 Å². The van der Waals surface area contributed by atoms with Crippen LogP contribution in [0.25, 0.3) is 0 Å². The Balaban J connectivity index is 1.76. The van der Waals surface area contributed by atoms with Gasteiger partial charge in [0, 0.05) is 44.5 Å². The standard InChI is InChI=1S/C19H26N4O3/c1-22-13-11-20-16(22)9-7-14-6-4-5-12-23(14)19(24)15-8-10-17(25-2)21-18(15)26-3/h8,10-11,13-14H,4-7,9,12H2,1-3H3. The number of amides is 1. The van der Waals surface area contributed by atoms with Crippen LogP contribution in [0.15, 0.2) is 24.5 Å². The molecule has 140 valence electrons. The van der Waals surface area contributed by atoms with Gasteiger partial charge in [-0.3, -0.25) is 4.79 Å². The van der Waals surface area contributed by atoms with Crippen LogP contribution < -0.4 is 9.47 Å². The summed E-state index contributed by atoms with van der Waals surface area (Å²) in [5.74, 6) is 1.76. The van der Waals surface area contributed by atoms with Crippen LogP contribution in [0.5, 0.6) is 11.8 Å². The minimum absolute atomic E-state index is 0.0263. The van der Waals surface area contributed by atoms with Gasteiger partial charge in [-0.25, -0.2) is 4.98 Å². The number of ether oxygens (including phenoxy) is 2. The maximum Gasteiger partial charge on any atom is 0.259 e. The first-order valence-corrected chi connectivity index (χ1v) is 9.00. The highest BCUT2D eigenvalue weighted by atomic mass is 16.5. The van der Waals surface area contributed by atoms with Crippen molar-refractivity contribution in [2.75, 3.05) is 20.8 Å². The van der Waals surface area contributed by atoms with Crippen molar-refractivity contribution in [1.82, 2.24) is 19.4 Å². The second-order valence-electron chi connectivity index (χ2n) is 6.55. The Morgan fingerprint density at radius 1 is 1.27 bits per heavy atom. The number of hydrogen-bond donors (Lipinski definition) is 0. The lowest BCUT2D eigenvalue weighted by Crippen LogP contribution is -2.44. The molecule has 3 heterocycles. The third-order valence-corrected chi connectivity index (χ3v) is 4.98. The minimum atomic E-state index is -0.0263. The van der Waals surface area contributed by atoms with Crippen molar-refractivity contribution in [2.45, 2.75) is 38.1 Å². The second kappa shape index (κ2) is 8.21.